The van der Waals surface area contributed by atoms with Gasteiger partial charge in [-0.05, 0) is 24.3 Å². The standard InChI is InChI=1S/C17H12Cl2FNO3/c18-12-5-3-6-13(19)17(12)21-15(22)10-24-16(23)9-8-11-4-1-2-7-14(11)20/h1-9H,10H2,(H,21,22)/b9-8+. The monoisotopic (exact) mass is 367 g/mol. The number of carbonyl (C=O) groups excluding carboxylic acids is 2. The average molecular weight is 368 g/mol. The van der Waals surface area contributed by atoms with Crippen LogP contribution in [0.25, 0.3) is 6.08 Å². The molecule has 0 aliphatic heterocycles. The van der Waals surface area contributed by atoms with Crippen LogP contribution in [0.1, 0.15) is 5.56 Å². The van der Waals surface area contributed by atoms with E-state index in [1.165, 1.54) is 24.3 Å². The van der Waals surface area contributed by atoms with Gasteiger partial charge in [0.05, 0.1) is 15.7 Å². The molecule has 0 radical (unpaired) electrons. The molecule has 0 saturated carbocycles. The zero-order valence-electron chi connectivity index (χ0n) is 12.3. The number of rotatable bonds is 5. The molecule has 2 aromatic rings. The maximum atomic E-state index is 13.4. The van der Waals surface area contributed by atoms with Crippen LogP contribution in [0.5, 0.6) is 0 Å². The SMILES string of the molecule is O=C(COC(=O)/C=C/c1ccccc1F)Nc1c(Cl)cccc1Cl. The van der Waals surface area contributed by atoms with Crippen LogP contribution in [0.3, 0.4) is 0 Å². The highest BCUT2D eigenvalue weighted by molar-refractivity contribution is 6.39. The Labute approximate surface area is 147 Å². The molecule has 0 heterocycles. The van der Waals surface area contributed by atoms with Crippen molar-refractivity contribution in [2.24, 2.45) is 0 Å². The summed E-state index contributed by atoms with van der Waals surface area (Å²) in [6.45, 7) is -0.526. The van der Waals surface area contributed by atoms with E-state index in [1.807, 2.05) is 0 Å². The van der Waals surface area contributed by atoms with E-state index in [0.29, 0.717) is 0 Å². The summed E-state index contributed by atoms with van der Waals surface area (Å²) < 4.78 is 18.2. The minimum atomic E-state index is -0.779. The van der Waals surface area contributed by atoms with E-state index in [0.717, 1.165) is 6.08 Å². The van der Waals surface area contributed by atoms with E-state index in [-0.39, 0.29) is 21.3 Å². The number of halogens is 3. The molecule has 0 aliphatic rings. The van der Waals surface area contributed by atoms with Crippen molar-refractivity contribution in [3.8, 4) is 0 Å². The Balaban J connectivity index is 1.88. The molecule has 0 bridgehead atoms. The van der Waals surface area contributed by atoms with Gasteiger partial charge in [-0.15, -0.1) is 0 Å². The predicted molar refractivity (Wildman–Crippen MR) is 91.5 cm³/mol. The lowest BCUT2D eigenvalue weighted by Gasteiger charge is -2.08. The van der Waals surface area contributed by atoms with Gasteiger partial charge in [0.1, 0.15) is 5.82 Å². The van der Waals surface area contributed by atoms with Crippen molar-refractivity contribution in [3.05, 3.63) is 70.0 Å². The van der Waals surface area contributed by atoms with Crippen LogP contribution in [0, 0.1) is 5.82 Å². The summed E-state index contributed by atoms with van der Waals surface area (Å²) in [5, 5.41) is 2.98. The molecule has 124 valence electrons. The van der Waals surface area contributed by atoms with Gasteiger partial charge in [-0.1, -0.05) is 47.5 Å². The number of hydrogen-bond donors (Lipinski definition) is 1. The Morgan fingerprint density at radius 1 is 1.08 bits per heavy atom. The molecule has 2 rings (SSSR count). The largest absolute Gasteiger partial charge is 0.452 e. The zero-order chi connectivity index (χ0) is 17.5. The van der Waals surface area contributed by atoms with Crippen LogP contribution in [0.2, 0.25) is 10.0 Å². The van der Waals surface area contributed by atoms with Gasteiger partial charge in [-0.2, -0.15) is 0 Å². The van der Waals surface area contributed by atoms with Crippen LogP contribution in [-0.4, -0.2) is 18.5 Å². The highest BCUT2D eigenvalue weighted by Crippen LogP contribution is 2.29. The van der Waals surface area contributed by atoms with E-state index in [1.54, 1.807) is 24.3 Å². The molecule has 0 fully saturated rings. The van der Waals surface area contributed by atoms with Crippen LogP contribution in [-0.2, 0) is 14.3 Å². The van der Waals surface area contributed by atoms with Crippen LogP contribution >= 0.6 is 23.2 Å². The summed E-state index contributed by atoms with van der Waals surface area (Å²) >= 11 is 11.8. The van der Waals surface area contributed by atoms with Crippen molar-refractivity contribution in [3.63, 3.8) is 0 Å². The second kappa shape index (κ2) is 8.47. The van der Waals surface area contributed by atoms with Crippen molar-refractivity contribution in [2.75, 3.05) is 11.9 Å². The summed E-state index contributed by atoms with van der Waals surface area (Å²) in [5.41, 5.74) is 0.477. The first kappa shape index (κ1) is 18.0. The fourth-order valence-electron chi connectivity index (χ4n) is 1.75. The average Bonchev–Trinajstić information content (AvgIpc) is 2.56. The molecule has 0 unspecified atom stereocenters. The Kier molecular flexibility index (Phi) is 6.35. The fraction of sp³-hybridized carbons (Fsp3) is 0.0588. The van der Waals surface area contributed by atoms with E-state index in [9.17, 15) is 14.0 Å². The van der Waals surface area contributed by atoms with Crippen molar-refractivity contribution in [1.29, 1.82) is 0 Å². The number of amides is 1. The van der Waals surface area contributed by atoms with Gasteiger partial charge in [-0.3, -0.25) is 4.79 Å². The van der Waals surface area contributed by atoms with Gasteiger partial charge in [-0.25, -0.2) is 9.18 Å². The fourth-order valence-corrected chi connectivity index (χ4v) is 2.24. The second-order valence-corrected chi connectivity index (χ2v) is 5.42. The highest BCUT2D eigenvalue weighted by Gasteiger charge is 2.11. The molecule has 1 amide bonds. The molecular formula is C17H12Cl2FNO3. The molecule has 4 nitrogen and oxygen atoms in total. The van der Waals surface area contributed by atoms with Gasteiger partial charge in [0.2, 0.25) is 0 Å². The number of anilines is 1. The molecule has 1 N–H and O–H groups in total. The number of esters is 1. The Hall–Kier alpha value is -2.37. The summed E-state index contributed by atoms with van der Waals surface area (Å²) in [4.78, 5) is 23.3. The van der Waals surface area contributed by atoms with E-state index >= 15 is 0 Å². The first-order valence-corrected chi connectivity index (χ1v) is 7.56. The first-order valence-electron chi connectivity index (χ1n) is 6.80. The summed E-state index contributed by atoms with van der Waals surface area (Å²) in [6, 6.07) is 10.7. The first-order chi connectivity index (χ1) is 11.5. The number of para-hydroxylation sites is 1. The van der Waals surface area contributed by atoms with Crippen LogP contribution in [0.4, 0.5) is 10.1 Å². The molecule has 24 heavy (non-hydrogen) atoms. The van der Waals surface area contributed by atoms with Crippen LogP contribution < -0.4 is 5.32 Å². The van der Waals surface area contributed by atoms with Gasteiger partial charge in [0.25, 0.3) is 5.91 Å². The molecule has 2 aromatic carbocycles. The topological polar surface area (TPSA) is 55.4 Å². The van der Waals surface area contributed by atoms with Gasteiger partial charge >= 0.3 is 5.97 Å². The number of ether oxygens (including phenoxy) is 1. The molecule has 7 heteroatoms. The highest BCUT2D eigenvalue weighted by atomic mass is 35.5. The maximum Gasteiger partial charge on any atom is 0.331 e. The minimum absolute atomic E-state index is 0.238. The van der Waals surface area contributed by atoms with Gasteiger partial charge in [0, 0.05) is 11.6 Å². The lowest BCUT2D eigenvalue weighted by molar-refractivity contribution is -0.142. The molecular weight excluding hydrogens is 356 g/mol. The number of nitrogens with one attached hydrogen (secondary N) is 1. The smallest absolute Gasteiger partial charge is 0.331 e. The summed E-state index contributed by atoms with van der Waals surface area (Å²) in [6.07, 6.45) is 2.30. The third kappa shape index (κ3) is 5.08. The Morgan fingerprint density at radius 3 is 2.42 bits per heavy atom. The number of hydrogen-bond acceptors (Lipinski definition) is 3. The second-order valence-electron chi connectivity index (χ2n) is 4.61. The summed E-state index contributed by atoms with van der Waals surface area (Å²) in [7, 11) is 0. The van der Waals surface area contributed by atoms with Crippen molar-refractivity contribution >= 4 is 46.8 Å². The molecule has 0 atom stereocenters. The van der Waals surface area contributed by atoms with Crippen LogP contribution in [0.15, 0.2) is 48.5 Å². The third-order valence-corrected chi connectivity index (χ3v) is 3.51. The number of benzene rings is 2. The van der Waals surface area contributed by atoms with Crippen molar-refractivity contribution in [1.82, 2.24) is 0 Å². The minimum Gasteiger partial charge on any atom is -0.452 e. The maximum absolute atomic E-state index is 13.4. The lowest BCUT2D eigenvalue weighted by Crippen LogP contribution is -2.20. The Morgan fingerprint density at radius 2 is 1.75 bits per heavy atom. The Bertz CT molecular complexity index is 773. The molecule has 0 aliphatic carbocycles. The quantitative estimate of drug-likeness (QED) is 0.632. The molecule has 0 saturated heterocycles. The van der Waals surface area contributed by atoms with Crippen molar-refractivity contribution < 1.29 is 18.7 Å². The number of carbonyl (C=O) groups is 2. The van der Waals surface area contributed by atoms with Gasteiger partial charge < -0.3 is 10.1 Å². The lowest BCUT2D eigenvalue weighted by atomic mass is 10.2. The van der Waals surface area contributed by atoms with Crippen molar-refractivity contribution in [2.45, 2.75) is 0 Å². The van der Waals surface area contributed by atoms with Gasteiger partial charge in [0.15, 0.2) is 6.61 Å². The van der Waals surface area contributed by atoms with E-state index < -0.39 is 24.3 Å². The molecule has 0 aromatic heterocycles. The van der Waals surface area contributed by atoms with E-state index in [2.05, 4.69) is 5.32 Å². The zero-order valence-corrected chi connectivity index (χ0v) is 13.8. The normalized spacial score (nSPS) is 10.6. The summed E-state index contributed by atoms with van der Waals surface area (Å²) in [5.74, 6) is -1.84. The van der Waals surface area contributed by atoms with E-state index in [4.69, 9.17) is 27.9 Å². The third-order valence-electron chi connectivity index (χ3n) is 2.88. The molecule has 0 spiro atoms. The predicted octanol–water partition coefficient (Wildman–Crippen LogP) is 4.33.